The van der Waals surface area contributed by atoms with Crippen molar-refractivity contribution in [2.24, 2.45) is 4.40 Å². The molecule has 2 heterocycles. The summed E-state index contributed by atoms with van der Waals surface area (Å²) in [6.45, 7) is -2.20. The molecule has 2 aromatic carbocycles. The van der Waals surface area contributed by atoms with Crippen molar-refractivity contribution in [3.05, 3.63) is 52.5 Å². The molecule has 0 saturated carbocycles. The molecule has 1 saturated heterocycles. The minimum atomic E-state index is -3.95. The first-order valence-corrected chi connectivity index (χ1v) is 11.8. The highest BCUT2D eigenvalue weighted by Crippen LogP contribution is 2.37. The molecule has 1 amide bonds. The van der Waals surface area contributed by atoms with E-state index >= 15 is 0 Å². The van der Waals surface area contributed by atoms with Crippen LogP contribution in [0.3, 0.4) is 0 Å². The Morgan fingerprint density at radius 1 is 1.19 bits per heavy atom. The Morgan fingerprint density at radius 3 is 2.66 bits per heavy atom. The van der Waals surface area contributed by atoms with E-state index in [1.165, 1.54) is 36.4 Å². The van der Waals surface area contributed by atoms with Crippen LogP contribution in [0, 0.1) is 0 Å². The maximum absolute atomic E-state index is 12.8. The molecule has 0 radical (unpaired) electrons. The summed E-state index contributed by atoms with van der Waals surface area (Å²) in [7, 11) is -3.95. The third-order valence-corrected chi connectivity index (χ3v) is 6.93. The molecule has 0 spiro atoms. The molecule has 2 aromatic rings. The molecule has 7 nitrogen and oxygen atoms in total. The van der Waals surface area contributed by atoms with Gasteiger partial charge < -0.3 is 15.0 Å². The summed E-state index contributed by atoms with van der Waals surface area (Å²) in [4.78, 5) is 14.5. The van der Waals surface area contributed by atoms with E-state index in [9.17, 15) is 22.0 Å². The first-order chi connectivity index (χ1) is 15.2. The molecule has 1 N–H and O–H groups in total. The Balaban J connectivity index is 1.55. The van der Waals surface area contributed by atoms with Crippen LogP contribution >= 0.6 is 11.6 Å². The second-order valence-electron chi connectivity index (χ2n) is 7.45. The van der Waals surface area contributed by atoms with Crippen LogP contribution in [0.1, 0.15) is 41.6 Å². The molecule has 170 valence electrons. The van der Waals surface area contributed by atoms with Gasteiger partial charge in [0.1, 0.15) is 16.5 Å². The fraction of sp³-hybridized carbons (Fsp3) is 0.333. The monoisotopic (exact) mass is 483 g/mol. The van der Waals surface area contributed by atoms with Crippen LogP contribution in [0.4, 0.5) is 14.5 Å². The summed E-state index contributed by atoms with van der Waals surface area (Å²) in [5.74, 6) is -0.0551. The quantitative estimate of drug-likeness (QED) is 0.683. The largest absolute Gasteiger partial charge is 0.435 e. The van der Waals surface area contributed by atoms with Crippen LogP contribution in [0.5, 0.6) is 5.75 Å². The zero-order chi connectivity index (χ0) is 22.9. The van der Waals surface area contributed by atoms with Crippen molar-refractivity contribution in [3.63, 3.8) is 0 Å². The van der Waals surface area contributed by atoms with Crippen LogP contribution in [0.2, 0.25) is 5.02 Å². The van der Waals surface area contributed by atoms with Gasteiger partial charge in [0.15, 0.2) is 0 Å². The summed E-state index contributed by atoms with van der Waals surface area (Å²) in [6.07, 6.45) is 3.32. The molecule has 4 rings (SSSR count). The van der Waals surface area contributed by atoms with Gasteiger partial charge in [-0.15, -0.1) is 4.40 Å². The summed E-state index contributed by atoms with van der Waals surface area (Å²) >= 11 is 6.36. The average Bonchev–Trinajstić information content (AvgIpc) is 2.97. The number of amides is 1. The summed E-state index contributed by atoms with van der Waals surface area (Å²) in [5, 5.41) is 2.79. The second-order valence-corrected chi connectivity index (χ2v) is 9.43. The molecule has 0 aromatic heterocycles. The fourth-order valence-electron chi connectivity index (χ4n) is 3.74. The van der Waals surface area contributed by atoms with Crippen molar-refractivity contribution in [1.29, 1.82) is 0 Å². The fourth-order valence-corrected chi connectivity index (χ4v) is 5.25. The number of carbonyl (C=O) groups excluding carboxylic acids is 1. The van der Waals surface area contributed by atoms with Crippen LogP contribution in [-0.2, 0) is 16.6 Å². The van der Waals surface area contributed by atoms with Gasteiger partial charge in [0, 0.05) is 19.5 Å². The van der Waals surface area contributed by atoms with Crippen molar-refractivity contribution in [1.82, 2.24) is 5.32 Å². The predicted octanol–water partition coefficient (Wildman–Crippen LogP) is 4.35. The maximum Gasteiger partial charge on any atom is 0.387 e. The highest BCUT2D eigenvalue weighted by atomic mass is 35.5. The number of anilines is 1. The normalized spacial score (nSPS) is 17.1. The lowest BCUT2D eigenvalue weighted by molar-refractivity contribution is -0.0498. The van der Waals surface area contributed by atoms with E-state index in [2.05, 4.69) is 14.5 Å². The number of carbonyl (C=O) groups is 1. The summed E-state index contributed by atoms with van der Waals surface area (Å²) in [5.41, 5.74) is 1.09. The lowest BCUT2D eigenvalue weighted by Crippen LogP contribution is -2.35. The minimum Gasteiger partial charge on any atom is -0.435 e. The highest BCUT2D eigenvalue weighted by Gasteiger charge is 2.33. The van der Waals surface area contributed by atoms with E-state index in [4.69, 9.17) is 11.6 Å². The summed E-state index contributed by atoms with van der Waals surface area (Å²) in [6, 6.07) is 8.55. The number of hydrogen-bond donors (Lipinski definition) is 1. The van der Waals surface area contributed by atoms with E-state index in [-0.39, 0.29) is 27.8 Å². The molecule has 2 aliphatic rings. The molecule has 1 fully saturated rings. The van der Waals surface area contributed by atoms with Crippen LogP contribution in [-0.4, -0.2) is 33.3 Å². The smallest absolute Gasteiger partial charge is 0.387 e. The van der Waals surface area contributed by atoms with Gasteiger partial charge in [-0.05, 0) is 42.7 Å². The van der Waals surface area contributed by atoms with Gasteiger partial charge in [0.25, 0.3) is 15.9 Å². The molecule has 2 aliphatic heterocycles. The van der Waals surface area contributed by atoms with Gasteiger partial charge in [0.2, 0.25) is 0 Å². The third kappa shape index (κ3) is 4.71. The van der Waals surface area contributed by atoms with Crippen molar-refractivity contribution in [2.75, 3.05) is 11.4 Å². The molecule has 0 bridgehead atoms. The van der Waals surface area contributed by atoms with E-state index < -0.39 is 22.5 Å². The first kappa shape index (κ1) is 22.5. The van der Waals surface area contributed by atoms with Gasteiger partial charge >= 0.3 is 6.61 Å². The number of amidine groups is 1. The number of nitrogens with zero attached hydrogens (tertiary/aromatic N) is 2. The van der Waals surface area contributed by atoms with Gasteiger partial charge in [-0.3, -0.25) is 4.79 Å². The number of ether oxygens (including phenoxy) is 1. The SMILES string of the molecule is O=C(NCc1ccc(OC(F)F)cc1)c1cc2c(cc1Cl)N1CCCCCC1=NS2(=O)=O. The number of rotatable bonds is 5. The Bertz CT molecular complexity index is 1170. The van der Waals surface area contributed by atoms with Crippen LogP contribution < -0.4 is 15.0 Å². The van der Waals surface area contributed by atoms with E-state index in [1.807, 2.05) is 4.90 Å². The Morgan fingerprint density at radius 2 is 1.94 bits per heavy atom. The zero-order valence-electron chi connectivity index (χ0n) is 16.9. The molecular weight excluding hydrogens is 464 g/mol. The van der Waals surface area contributed by atoms with Crippen molar-refractivity contribution >= 4 is 39.1 Å². The number of hydrogen-bond acceptors (Lipinski definition) is 5. The molecular formula is C21H20ClF2N3O4S. The van der Waals surface area contributed by atoms with Gasteiger partial charge in [-0.2, -0.15) is 17.2 Å². The third-order valence-electron chi connectivity index (χ3n) is 5.28. The van der Waals surface area contributed by atoms with Crippen molar-refractivity contribution in [3.8, 4) is 5.75 Å². The Hall–Kier alpha value is -2.72. The highest BCUT2D eigenvalue weighted by molar-refractivity contribution is 7.90. The van der Waals surface area contributed by atoms with E-state index in [0.29, 0.717) is 30.1 Å². The number of benzene rings is 2. The number of nitrogens with one attached hydrogen (secondary N) is 1. The Labute approximate surface area is 189 Å². The second kappa shape index (κ2) is 9.03. The van der Waals surface area contributed by atoms with Gasteiger partial charge in [-0.1, -0.05) is 30.2 Å². The summed E-state index contributed by atoms with van der Waals surface area (Å²) < 4.78 is 58.3. The molecule has 11 heteroatoms. The average molecular weight is 484 g/mol. The number of sulfonamides is 1. The zero-order valence-corrected chi connectivity index (χ0v) is 18.4. The Kier molecular flexibility index (Phi) is 6.34. The standard InChI is InChI=1S/C21H20ClF2N3O4S/c22-16-11-17-18(32(29,30)26-19-4-2-1-3-9-27(17)19)10-15(16)20(28)25-12-13-5-7-14(8-6-13)31-21(23)24/h5-8,10-11,21H,1-4,9,12H2,(H,25,28). The first-order valence-electron chi connectivity index (χ1n) is 10.0. The van der Waals surface area contributed by atoms with Crippen molar-refractivity contribution in [2.45, 2.75) is 43.7 Å². The van der Waals surface area contributed by atoms with Gasteiger partial charge in [-0.25, -0.2) is 0 Å². The lowest BCUT2D eigenvalue weighted by Gasteiger charge is -2.30. The molecule has 32 heavy (non-hydrogen) atoms. The number of halogens is 3. The van der Waals surface area contributed by atoms with Crippen LogP contribution in [0.15, 0.2) is 45.7 Å². The van der Waals surface area contributed by atoms with E-state index in [0.717, 1.165) is 19.3 Å². The number of alkyl halides is 2. The van der Waals surface area contributed by atoms with Crippen LogP contribution in [0.25, 0.3) is 0 Å². The lowest BCUT2D eigenvalue weighted by atomic mass is 10.1. The maximum atomic E-state index is 12.8. The van der Waals surface area contributed by atoms with Gasteiger partial charge in [0.05, 0.1) is 16.3 Å². The number of fused-ring (bicyclic) bond motifs is 3. The van der Waals surface area contributed by atoms with E-state index in [1.54, 1.807) is 0 Å². The molecule has 0 unspecified atom stereocenters. The van der Waals surface area contributed by atoms with Crippen molar-refractivity contribution < 1.29 is 26.7 Å². The molecule has 0 aliphatic carbocycles. The topological polar surface area (TPSA) is 88.1 Å². The minimum absolute atomic E-state index is 0.00597. The predicted molar refractivity (Wildman–Crippen MR) is 116 cm³/mol. The molecule has 0 atom stereocenters.